The van der Waals surface area contributed by atoms with Crippen LogP contribution in [-0.2, 0) is 13.2 Å². The first-order chi connectivity index (χ1) is 10.2. The molecule has 3 heteroatoms. The van der Waals surface area contributed by atoms with Crippen molar-refractivity contribution < 1.29 is 4.74 Å². The third kappa shape index (κ3) is 4.23. The fourth-order valence-electron chi connectivity index (χ4n) is 2.25. The van der Waals surface area contributed by atoms with Gasteiger partial charge in [0, 0.05) is 17.6 Å². The minimum Gasteiger partial charge on any atom is -0.489 e. The largest absolute Gasteiger partial charge is 0.489 e. The SMILES string of the molecule is Cc1cc(OCc2cccc(CNC3CC3)c2)ccc1Cl. The van der Waals surface area contributed by atoms with Crippen molar-refractivity contribution in [1.82, 2.24) is 5.32 Å². The highest BCUT2D eigenvalue weighted by atomic mass is 35.5. The molecule has 2 aromatic rings. The van der Waals surface area contributed by atoms with E-state index in [0.29, 0.717) is 6.61 Å². The van der Waals surface area contributed by atoms with E-state index in [1.54, 1.807) is 0 Å². The molecular weight excluding hydrogens is 282 g/mol. The Hall–Kier alpha value is -1.51. The van der Waals surface area contributed by atoms with Crippen LogP contribution in [0, 0.1) is 6.92 Å². The van der Waals surface area contributed by atoms with Gasteiger partial charge in [0.2, 0.25) is 0 Å². The van der Waals surface area contributed by atoms with Gasteiger partial charge < -0.3 is 10.1 Å². The molecule has 0 spiro atoms. The van der Waals surface area contributed by atoms with Gasteiger partial charge in [0.05, 0.1) is 0 Å². The standard InChI is InChI=1S/C18H20ClNO/c1-13-9-17(7-8-18(13)19)21-12-15-4-2-3-14(10-15)11-20-16-5-6-16/h2-4,7-10,16,20H,5-6,11-12H2,1H3. The second kappa shape index (κ2) is 6.50. The second-order valence-electron chi connectivity index (χ2n) is 5.67. The zero-order valence-electron chi connectivity index (χ0n) is 12.2. The molecule has 0 radical (unpaired) electrons. The smallest absolute Gasteiger partial charge is 0.120 e. The molecule has 21 heavy (non-hydrogen) atoms. The lowest BCUT2D eigenvalue weighted by molar-refractivity contribution is 0.306. The molecule has 0 bridgehead atoms. The minimum atomic E-state index is 0.582. The first-order valence-electron chi connectivity index (χ1n) is 7.41. The number of nitrogens with one attached hydrogen (secondary N) is 1. The van der Waals surface area contributed by atoms with Crippen LogP contribution in [0.2, 0.25) is 5.02 Å². The maximum Gasteiger partial charge on any atom is 0.120 e. The third-order valence-corrected chi connectivity index (χ3v) is 4.12. The Bertz CT molecular complexity index is 622. The van der Waals surface area contributed by atoms with Crippen molar-refractivity contribution in [3.63, 3.8) is 0 Å². The molecule has 0 aromatic heterocycles. The molecule has 3 rings (SSSR count). The van der Waals surface area contributed by atoms with E-state index in [1.165, 1.54) is 24.0 Å². The number of rotatable bonds is 6. The molecule has 0 aliphatic heterocycles. The zero-order chi connectivity index (χ0) is 14.7. The molecule has 0 heterocycles. The number of hydrogen-bond donors (Lipinski definition) is 1. The number of benzene rings is 2. The molecule has 110 valence electrons. The van der Waals surface area contributed by atoms with E-state index in [2.05, 4.69) is 29.6 Å². The predicted octanol–water partition coefficient (Wildman–Crippen LogP) is 4.48. The summed E-state index contributed by atoms with van der Waals surface area (Å²) in [6.07, 6.45) is 2.64. The van der Waals surface area contributed by atoms with Crippen LogP contribution < -0.4 is 10.1 Å². The average Bonchev–Trinajstić information content (AvgIpc) is 3.31. The summed E-state index contributed by atoms with van der Waals surface area (Å²) >= 11 is 6.02. The average molecular weight is 302 g/mol. The summed E-state index contributed by atoms with van der Waals surface area (Å²) in [5.41, 5.74) is 3.55. The highest BCUT2D eigenvalue weighted by molar-refractivity contribution is 6.31. The van der Waals surface area contributed by atoms with Crippen molar-refractivity contribution in [3.8, 4) is 5.75 Å². The van der Waals surface area contributed by atoms with Crippen molar-refractivity contribution in [3.05, 3.63) is 64.2 Å². The normalized spacial score (nSPS) is 14.2. The Morgan fingerprint density at radius 3 is 2.71 bits per heavy atom. The summed E-state index contributed by atoms with van der Waals surface area (Å²) in [6.45, 7) is 3.51. The maximum absolute atomic E-state index is 6.02. The van der Waals surface area contributed by atoms with Gasteiger partial charge in [-0.25, -0.2) is 0 Å². The van der Waals surface area contributed by atoms with Gasteiger partial charge in [0.1, 0.15) is 12.4 Å². The Labute approximate surface area is 131 Å². The number of aryl methyl sites for hydroxylation is 1. The molecule has 2 nitrogen and oxygen atoms in total. The van der Waals surface area contributed by atoms with Crippen molar-refractivity contribution >= 4 is 11.6 Å². The van der Waals surface area contributed by atoms with Gasteiger partial charge in [0.25, 0.3) is 0 Å². The van der Waals surface area contributed by atoms with Gasteiger partial charge in [-0.05, 0) is 54.7 Å². The first-order valence-corrected chi connectivity index (χ1v) is 7.78. The summed E-state index contributed by atoms with van der Waals surface area (Å²) in [7, 11) is 0. The molecule has 1 N–H and O–H groups in total. The number of ether oxygens (including phenoxy) is 1. The van der Waals surface area contributed by atoms with E-state index < -0.39 is 0 Å². The van der Waals surface area contributed by atoms with Crippen LogP contribution in [0.1, 0.15) is 29.5 Å². The second-order valence-corrected chi connectivity index (χ2v) is 6.08. The first kappa shape index (κ1) is 14.4. The van der Waals surface area contributed by atoms with E-state index in [-0.39, 0.29) is 0 Å². The highest BCUT2D eigenvalue weighted by Crippen LogP contribution is 2.22. The van der Waals surface area contributed by atoms with Crippen LogP contribution in [0.3, 0.4) is 0 Å². The van der Waals surface area contributed by atoms with Gasteiger partial charge in [0.15, 0.2) is 0 Å². The third-order valence-electron chi connectivity index (χ3n) is 3.70. The van der Waals surface area contributed by atoms with Gasteiger partial charge in [-0.1, -0.05) is 35.9 Å². The van der Waals surface area contributed by atoms with Crippen LogP contribution in [-0.4, -0.2) is 6.04 Å². The molecule has 1 fully saturated rings. The summed E-state index contributed by atoms with van der Waals surface area (Å²) in [4.78, 5) is 0. The summed E-state index contributed by atoms with van der Waals surface area (Å²) in [6, 6.07) is 15.1. The molecule has 1 saturated carbocycles. The van der Waals surface area contributed by atoms with Crippen LogP contribution in [0.25, 0.3) is 0 Å². The Morgan fingerprint density at radius 1 is 1.14 bits per heavy atom. The Kier molecular flexibility index (Phi) is 4.47. The van der Waals surface area contributed by atoms with Crippen LogP contribution >= 0.6 is 11.6 Å². The molecule has 0 atom stereocenters. The Balaban J connectivity index is 1.58. The Morgan fingerprint density at radius 2 is 1.95 bits per heavy atom. The molecule has 2 aromatic carbocycles. The quantitative estimate of drug-likeness (QED) is 0.849. The van der Waals surface area contributed by atoms with Crippen molar-refractivity contribution in [2.75, 3.05) is 0 Å². The van der Waals surface area contributed by atoms with Crippen LogP contribution in [0.5, 0.6) is 5.75 Å². The lowest BCUT2D eigenvalue weighted by atomic mass is 10.1. The van der Waals surface area contributed by atoms with E-state index in [9.17, 15) is 0 Å². The van der Waals surface area contributed by atoms with E-state index in [0.717, 1.165) is 28.9 Å². The highest BCUT2D eigenvalue weighted by Gasteiger charge is 2.19. The van der Waals surface area contributed by atoms with Gasteiger partial charge in [-0.3, -0.25) is 0 Å². The molecule has 0 amide bonds. The fourth-order valence-corrected chi connectivity index (χ4v) is 2.37. The topological polar surface area (TPSA) is 21.3 Å². The monoisotopic (exact) mass is 301 g/mol. The zero-order valence-corrected chi connectivity index (χ0v) is 13.0. The van der Waals surface area contributed by atoms with E-state index in [4.69, 9.17) is 16.3 Å². The van der Waals surface area contributed by atoms with Crippen LogP contribution in [0.4, 0.5) is 0 Å². The number of halogens is 1. The fraction of sp³-hybridized carbons (Fsp3) is 0.333. The summed E-state index contributed by atoms with van der Waals surface area (Å²) in [5.74, 6) is 0.860. The van der Waals surface area contributed by atoms with Crippen molar-refractivity contribution in [2.24, 2.45) is 0 Å². The van der Waals surface area contributed by atoms with Crippen molar-refractivity contribution in [1.29, 1.82) is 0 Å². The lowest BCUT2D eigenvalue weighted by Gasteiger charge is -2.09. The molecular formula is C18H20ClNO. The summed E-state index contributed by atoms with van der Waals surface area (Å²) in [5, 5.41) is 4.31. The summed E-state index contributed by atoms with van der Waals surface area (Å²) < 4.78 is 5.84. The van der Waals surface area contributed by atoms with Gasteiger partial charge in [-0.2, -0.15) is 0 Å². The van der Waals surface area contributed by atoms with Crippen LogP contribution in [0.15, 0.2) is 42.5 Å². The molecule has 1 aliphatic rings. The van der Waals surface area contributed by atoms with E-state index >= 15 is 0 Å². The molecule has 0 saturated heterocycles. The minimum absolute atomic E-state index is 0.582. The van der Waals surface area contributed by atoms with Gasteiger partial charge in [-0.15, -0.1) is 0 Å². The van der Waals surface area contributed by atoms with Gasteiger partial charge >= 0.3 is 0 Å². The number of hydrogen-bond acceptors (Lipinski definition) is 2. The van der Waals surface area contributed by atoms with E-state index in [1.807, 2.05) is 25.1 Å². The van der Waals surface area contributed by atoms with Crippen molar-refractivity contribution in [2.45, 2.75) is 39.0 Å². The maximum atomic E-state index is 6.02. The lowest BCUT2D eigenvalue weighted by Crippen LogP contribution is -2.15. The predicted molar refractivity (Wildman–Crippen MR) is 86.8 cm³/mol. The molecule has 1 aliphatic carbocycles. The molecule has 0 unspecified atom stereocenters.